The second kappa shape index (κ2) is 7.33. The van der Waals surface area contributed by atoms with Gasteiger partial charge in [-0.25, -0.2) is 4.98 Å². The van der Waals surface area contributed by atoms with Crippen molar-refractivity contribution in [3.05, 3.63) is 48.4 Å². The number of carbonyl (C=O) groups is 1. The average molecular weight is 342 g/mol. The number of nitrogens with one attached hydrogen (secondary N) is 1. The van der Waals surface area contributed by atoms with Gasteiger partial charge in [0.1, 0.15) is 11.5 Å². The Bertz CT molecular complexity index is 692. The van der Waals surface area contributed by atoms with Crippen LogP contribution in [0.3, 0.4) is 0 Å². The molecule has 0 aliphatic carbocycles. The lowest BCUT2D eigenvalue weighted by Gasteiger charge is -2.35. The van der Waals surface area contributed by atoms with E-state index < -0.39 is 0 Å². The molecule has 2 aromatic heterocycles. The van der Waals surface area contributed by atoms with Crippen LogP contribution < -0.4 is 5.32 Å². The van der Waals surface area contributed by atoms with Gasteiger partial charge in [0.15, 0.2) is 0 Å². The first-order valence-electron chi connectivity index (χ1n) is 8.70. The zero-order valence-electron chi connectivity index (χ0n) is 14.0. The summed E-state index contributed by atoms with van der Waals surface area (Å²) in [4.78, 5) is 22.5. The molecule has 1 N–H and O–H groups in total. The number of furan rings is 1. The lowest BCUT2D eigenvalue weighted by Crippen LogP contribution is -2.45. The van der Waals surface area contributed by atoms with Crippen molar-refractivity contribution >= 4 is 5.91 Å². The lowest BCUT2D eigenvalue weighted by molar-refractivity contribution is 0.0664. The fourth-order valence-corrected chi connectivity index (χ4v) is 3.78. The third-order valence-corrected chi connectivity index (χ3v) is 5.11. The van der Waals surface area contributed by atoms with Gasteiger partial charge in [0.2, 0.25) is 0 Å². The number of carbonyl (C=O) groups excluding carboxylic acids is 1. The first-order chi connectivity index (χ1) is 12.3. The smallest absolute Gasteiger partial charge is 0.271 e. The summed E-state index contributed by atoms with van der Waals surface area (Å²) >= 11 is 0. The molecule has 1 amide bonds. The molecular weight excluding hydrogens is 320 g/mol. The molecule has 2 aliphatic heterocycles. The molecule has 2 aromatic rings. The molecule has 132 valence electrons. The highest BCUT2D eigenvalue weighted by molar-refractivity contribution is 5.91. The Balaban J connectivity index is 1.32. The maximum atomic E-state index is 12.1. The molecule has 25 heavy (non-hydrogen) atoms. The SMILES string of the molecule is O=C(NC[C@H]1OC[C@@H]2CCN(Cc3ccco3)C[C@@H]21)c1cnccn1. The molecule has 2 saturated heterocycles. The van der Waals surface area contributed by atoms with E-state index in [1.165, 1.54) is 12.4 Å². The number of piperidine rings is 1. The largest absolute Gasteiger partial charge is 0.468 e. The molecular formula is C18H22N4O3. The molecule has 7 nitrogen and oxygen atoms in total. The third-order valence-electron chi connectivity index (χ3n) is 5.11. The van der Waals surface area contributed by atoms with Crippen molar-refractivity contribution in [3.63, 3.8) is 0 Å². The van der Waals surface area contributed by atoms with Crippen LogP contribution in [0.5, 0.6) is 0 Å². The molecule has 0 radical (unpaired) electrons. The molecule has 0 bridgehead atoms. The van der Waals surface area contributed by atoms with Crippen LogP contribution in [0.1, 0.15) is 22.7 Å². The van der Waals surface area contributed by atoms with Crippen LogP contribution in [-0.2, 0) is 11.3 Å². The van der Waals surface area contributed by atoms with Crippen LogP contribution in [0.2, 0.25) is 0 Å². The van der Waals surface area contributed by atoms with Gasteiger partial charge >= 0.3 is 0 Å². The van der Waals surface area contributed by atoms with E-state index >= 15 is 0 Å². The summed E-state index contributed by atoms with van der Waals surface area (Å²) in [5, 5.41) is 2.93. The van der Waals surface area contributed by atoms with Gasteiger partial charge in [-0.05, 0) is 31.0 Å². The Labute approximate surface area is 146 Å². The summed E-state index contributed by atoms with van der Waals surface area (Å²) < 4.78 is 11.4. The Morgan fingerprint density at radius 1 is 1.40 bits per heavy atom. The van der Waals surface area contributed by atoms with Crippen LogP contribution >= 0.6 is 0 Å². The third kappa shape index (κ3) is 3.72. The van der Waals surface area contributed by atoms with Crippen molar-refractivity contribution in [2.75, 3.05) is 26.2 Å². The van der Waals surface area contributed by atoms with Crippen LogP contribution in [0.25, 0.3) is 0 Å². The van der Waals surface area contributed by atoms with Gasteiger partial charge in [-0.15, -0.1) is 0 Å². The molecule has 2 aliphatic rings. The van der Waals surface area contributed by atoms with Gasteiger partial charge in [-0.3, -0.25) is 14.7 Å². The van der Waals surface area contributed by atoms with Crippen LogP contribution in [0, 0.1) is 11.8 Å². The number of likely N-dealkylation sites (tertiary alicyclic amines) is 1. The van der Waals surface area contributed by atoms with Crippen LogP contribution in [0.4, 0.5) is 0 Å². The van der Waals surface area contributed by atoms with Gasteiger partial charge in [0.05, 0.1) is 31.7 Å². The Hall–Kier alpha value is -2.25. The average Bonchev–Trinajstić information content (AvgIpc) is 3.30. The topological polar surface area (TPSA) is 80.5 Å². The van der Waals surface area contributed by atoms with Crippen molar-refractivity contribution in [2.24, 2.45) is 11.8 Å². The predicted molar refractivity (Wildman–Crippen MR) is 89.7 cm³/mol. The van der Waals surface area contributed by atoms with E-state index in [0.717, 1.165) is 38.4 Å². The summed E-state index contributed by atoms with van der Waals surface area (Å²) in [6.07, 6.45) is 7.43. The van der Waals surface area contributed by atoms with Crippen molar-refractivity contribution in [2.45, 2.75) is 19.1 Å². The van der Waals surface area contributed by atoms with Gasteiger partial charge in [0.25, 0.3) is 5.91 Å². The highest BCUT2D eigenvalue weighted by Crippen LogP contribution is 2.34. The number of rotatable bonds is 5. The molecule has 7 heteroatoms. The Morgan fingerprint density at radius 2 is 2.36 bits per heavy atom. The van der Waals surface area contributed by atoms with Gasteiger partial charge in [-0.2, -0.15) is 0 Å². The molecule has 3 atom stereocenters. The summed E-state index contributed by atoms with van der Waals surface area (Å²) in [7, 11) is 0. The standard InChI is InChI=1S/C18H22N4O3/c23-18(16-8-19-4-5-20-16)21-9-17-15-11-22(6-3-13(15)12-25-17)10-14-2-1-7-24-14/h1-2,4-5,7-8,13,15,17H,3,6,9-12H2,(H,21,23)/t13-,15-,17+/m0/s1. The number of nitrogens with zero attached hydrogens (tertiary/aromatic N) is 3. The minimum absolute atomic E-state index is 0.0463. The van der Waals surface area contributed by atoms with E-state index in [4.69, 9.17) is 9.15 Å². The van der Waals surface area contributed by atoms with E-state index in [-0.39, 0.29) is 12.0 Å². The van der Waals surface area contributed by atoms with E-state index in [9.17, 15) is 4.79 Å². The predicted octanol–water partition coefficient (Wildman–Crippen LogP) is 1.34. The van der Waals surface area contributed by atoms with E-state index in [0.29, 0.717) is 24.1 Å². The van der Waals surface area contributed by atoms with E-state index in [1.54, 1.807) is 12.5 Å². The highest BCUT2D eigenvalue weighted by Gasteiger charge is 2.41. The molecule has 0 spiro atoms. The second-order valence-corrected chi connectivity index (χ2v) is 6.70. The van der Waals surface area contributed by atoms with Gasteiger partial charge in [-0.1, -0.05) is 0 Å². The van der Waals surface area contributed by atoms with E-state index in [2.05, 4.69) is 20.2 Å². The number of aromatic nitrogens is 2. The maximum Gasteiger partial charge on any atom is 0.271 e. The van der Waals surface area contributed by atoms with E-state index in [1.807, 2.05) is 12.1 Å². The first-order valence-corrected chi connectivity index (χ1v) is 8.70. The number of amides is 1. The fourth-order valence-electron chi connectivity index (χ4n) is 3.78. The zero-order chi connectivity index (χ0) is 17.1. The van der Waals surface area contributed by atoms with Crippen LogP contribution in [-0.4, -0.2) is 53.1 Å². The van der Waals surface area contributed by atoms with Gasteiger partial charge in [0, 0.05) is 31.4 Å². The minimum Gasteiger partial charge on any atom is -0.468 e. The Morgan fingerprint density at radius 3 is 3.16 bits per heavy atom. The fraction of sp³-hybridized carbons (Fsp3) is 0.500. The van der Waals surface area contributed by atoms with Crippen molar-refractivity contribution in [1.82, 2.24) is 20.2 Å². The summed E-state index contributed by atoms with van der Waals surface area (Å²) in [6, 6.07) is 3.93. The molecule has 4 rings (SSSR count). The molecule has 0 unspecified atom stereocenters. The summed E-state index contributed by atoms with van der Waals surface area (Å²) in [5.74, 6) is 1.80. The van der Waals surface area contributed by atoms with Crippen molar-refractivity contribution in [3.8, 4) is 0 Å². The quantitative estimate of drug-likeness (QED) is 0.883. The highest BCUT2D eigenvalue weighted by atomic mass is 16.5. The second-order valence-electron chi connectivity index (χ2n) is 6.70. The zero-order valence-corrected chi connectivity index (χ0v) is 14.0. The van der Waals surface area contributed by atoms with Crippen molar-refractivity contribution in [1.29, 1.82) is 0 Å². The monoisotopic (exact) mass is 342 g/mol. The first kappa shape index (κ1) is 16.2. The minimum atomic E-state index is -0.205. The lowest BCUT2D eigenvalue weighted by atomic mass is 9.84. The van der Waals surface area contributed by atoms with Crippen LogP contribution in [0.15, 0.2) is 41.4 Å². The number of ether oxygens (including phenoxy) is 1. The normalized spacial score (nSPS) is 26.3. The summed E-state index contributed by atoms with van der Waals surface area (Å²) in [6.45, 7) is 4.14. The maximum absolute atomic E-state index is 12.1. The molecule has 2 fully saturated rings. The molecule has 4 heterocycles. The number of hydrogen-bond acceptors (Lipinski definition) is 6. The molecule has 0 aromatic carbocycles. The summed E-state index contributed by atoms with van der Waals surface area (Å²) in [5.41, 5.74) is 0.333. The van der Waals surface area contributed by atoms with Gasteiger partial charge < -0.3 is 14.5 Å². The number of hydrogen-bond donors (Lipinski definition) is 1. The Kier molecular flexibility index (Phi) is 4.76. The number of fused-ring (bicyclic) bond motifs is 1. The van der Waals surface area contributed by atoms with Crippen molar-refractivity contribution < 1.29 is 13.9 Å². The molecule has 0 saturated carbocycles.